The van der Waals surface area contributed by atoms with E-state index in [-0.39, 0.29) is 6.54 Å². The number of H-pyrrole nitrogens is 1. The van der Waals surface area contributed by atoms with E-state index in [9.17, 15) is 9.59 Å². The van der Waals surface area contributed by atoms with Crippen LogP contribution in [-0.2, 0) is 6.54 Å². The van der Waals surface area contributed by atoms with E-state index in [1.54, 1.807) is 37.4 Å². The number of nitrogens with zero attached hydrogens (tertiary/aromatic N) is 1. The summed E-state index contributed by atoms with van der Waals surface area (Å²) in [6, 6.07) is 10.3. The Morgan fingerprint density at radius 3 is 2.50 bits per heavy atom. The summed E-state index contributed by atoms with van der Waals surface area (Å²) in [5.41, 5.74) is 0.581. The second kappa shape index (κ2) is 6.41. The van der Waals surface area contributed by atoms with Gasteiger partial charge in [-0.3, -0.25) is 14.2 Å². The molecule has 7 heteroatoms. The Morgan fingerprint density at radius 1 is 1.04 bits per heavy atom. The minimum absolute atomic E-state index is 0.208. The summed E-state index contributed by atoms with van der Waals surface area (Å²) in [5.74, 6) is 1.14. The molecule has 0 spiro atoms. The third-order valence-electron chi connectivity index (χ3n) is 3.73. The molecule has 0 aliphatic rings. The van der Waals surface area contributed by atoms with Crippen LogP contribution in [0.1, 0.15) is 5.56 Å². The van der Waals surface area contributed by atoms with Crippen molar-refractivity contribution in [2.75, 3.05) is 14.2 Å². The number of methoxy groups -OCH3 is 2. The van der Waals surface area contributed by atoms with Crippen molar-refractivity contribution < 1.29 is 9.47 Å². The van der Waals surface area contributed by atoms with E-state index in [2.05, 4.69) is 4.98 Å². The van der Waals surface area contributed by atoms with Gasteiger partial charge in [0.15, 0.2) is 11.5 Å². The SMILES string of the molecule is COc1ccc(Cn2c(=O)c(=O)[nH]c3ccc(Cl)cc32)cc1OC. The molecule has 0 atom stereocenters. The molecule has 0 fully saturated rings. The first-order valence-electron chi connectivity index (χ1n) is 7.17. The Hall–Kier alpha value is -2.73. The first kappa shape index (κ1) is 16.1. The predicted molar refractivity (Wildman–Crippen MR) is 92.5 cm³/mol. The Balaban J connectivity index is 2.16. The van der Waals surface area contributed by atoms with Gasteiger partial charge in [-0.25, -0.2) is 0 Å². The standard InChI is InChI=1S/C17H15ClN2O4/c1-23-14-6-3-10(7-15(14)24-2)9-20-13-8-11(18)4-5-12(13)19-16(21)17(20)22/h3-8H,9H2,1-2H3,(H,19,21). The Bertz CT molecular complexity index is 1020. The third kappa shape index (κ3) is 2.88. The molecular formula is C17H15ClN2O4. The van der Waals surface area contributed by atoms with E-state index in [0.717, 1.165) is 5.56 Å². The first-order valence-corrected chi connectivity index (χ1v) is 7.54. The van der Waals surface area contributed by atoms with Crippen LogP contribution < -0.4 is 20.6 Å². The normalized spacial score (nSPS) is 10.8. The second-order valence-corrected chi connectivity index (χ2v) is 5.63. The van der Waals surface area contributed by atoms with Gasteiger partial charge in [-0.1, -0.05) is 17.7 Å². The molecule has 0 unspecified atom stereocenters. The Labute approximate surface area is 142 Å². The molecule has 1 N–H and O–H groups in total. The number of rotatable bonds is 4. The summed E-state index contributed by atoms with van der Waals surface area (Å²) in [7, 11) is 3.09. The lowest BCUT2D eigenvalue weighted by molar-refractivity contribution is 0.354. The fourth-order valence-electron chi connectivity index (χ4n) is 2.56. The summed E-state index contributed by atoms with van der Waals surface area (Å²) >= 11 is 6.03. The highest BCUT2D eigenvalue weighted by Gasteiger charge is 2.11. The molecule has 0 aliphatic heterocycles. The van der Waals surface area contributed by atoms with Gasteiger partial charge in [0.05, 0.1) is 31.8 Å². The van der Waals surface area contributed by atoms with E-state index in [0.29, 0.717) is 27.6 Å². The molecule has 24 heavy (non-hydrogen) atoms. The largest absolute Gasteiger partial charge is 0.493 e. The van der Waals surface area contributed by atoms with Crippen molar-refractivity contribution in [2.24, 2.45) is 0 Å². The van der Waals surface area contributed by atoms with Gasteiger partial charge in [0.2, 0.25) is 0 Å². The number of halogens is 1. The molecule has 0 aliphatic carbocycles. The van der Waals surface area contributed by atoms with Crippen LogP contribution in [0.5, 0.6) is 11.5 Å². The minimum atomic E-state index is -0.676. The van der Waals surface area contributed by atoms with E-state index >= 15 is 0 Å². The number of ether oxygens (including phenoxy) is 2. The molecule has 0 amide bonds. The van der Waals surface area contributed by atoms with Crippen molar-refractivity contribution in [3.05, 3.63) is 67.7 Å². The molecular weight excluding hydrogens is 332 g/mol. The summed E-state index contributed by atoms with van der Waals surface area (Å²) in [5, 5.41) is 0.481. The number of nitrogens with one attached hydrogen (secondary N) is 1. The minimum Gasteiger partial charge on any atom is -0.493 e. The van der Waals surface area contributed by atoms with Crippen molar-refractivity contribution in [1.82, 2.24) is 9.55 Å². The highest BCUT2D eigenvalue weighted by Crippen LogP contribution is 2.28. The van der Waals surface area contributed by atoms with Crippen LogP contribution in [-0.4, -0.2) is 23.8 Å². The van der Waals surface area contributed by atoms with Crippen LogP contribution >= 0.6 is 11.6 Å². The summed E-state index contributed by atoms with van der Waals surface area (Å²) < 4.78 is 11.9. The third-order valence-corrected chi connectivity index (χ3v) is 3.96. The molecule has 124 valence electrons. The van der Waals surface area contributed by atoms with Crippen LogP contribution in [0.2, 0.25) is 5.02 Å². The molecule has 2 aromatic carbocycles. The van der Waals surface area contributed by atoms with Gasteiger partial charge in [0.1, 0.15) is 0 Å². The average Bonchev–Trinajstić information content (AvgIpc) is 2.59. The topological polar surface area (TPSA) is 73.3 Å². The number of benzene rings is 2. The number of fused-ring (bicyclic) bond motifs is 1. The maximum Gasteiger partial charge on any atom is 0.317 e. The molecule has 3 aromatic rings. The van der Waals surface area contributed by atoms with Gasteiger partial charge in [-0.2, -0.15) is 0 Å². The lowest BCUT2D eigenvalue weighted by Gasteiger charge is -2.12. The number of hydrogen-bond donors (Lipinski definition) is 1. The smallest absolute Gasteiger partial charge is 0.317 e. The number of aromatic nitrogens is 2. The Kier molecular flexibility index (Phi) is 4.31. The maximum absolute atomic E-state index is 12.3. The molecule has 0 saturated heterocycles. The second-order valence-electron chi connectivity index (χ2n) is 5.20. The van der Waals surface area contributed by atoms with E-state index in [4.69, 9.17) is 21.1 Å². The Morgan fingerprint density at radius 2 is 1.79 bits per heavy atom. The monoisotopic (exact) mass is 346 g/mol. The molecule has 3 rings (SSSR count). The maximum atomic E-state index is 12.3. The van der Waals surface area contributed by atoms with Crippen LogP contribution in [0.4, 0.5) is 0 Å². The fraction of sp³-hybridized carbons (Fsp3) is 0.176. The average molecular weight is 347 g/mol. The molecule has 6 nitrogen and oxygen atoms in total. The first-order chi connectivity index (χ1) is 11.5. The molecule has 0 saturated carbocycles. The molecule has 1 heterocycles. The zero-order chi connectivity index (χ0) is 17.3. The van der Waals surface area contributed by atoms with E-state index < -0.39 is 11.1 Å². The van der Waals surface area contributed by atoms with Crippen molar-refractivity contribution in [1.29, 1.82) is 0 Å². The quantitative estimate of drug-likeness (QED) is 0.736. The predicted octanol–water partition coefficient (Wildman–Crippen LogP) is 2.41. The summed E-state index contributed by atoms with van der Waals surface area (Å²) in [6.45, 7) is 0.208. The van der Waals surface area contributed by atoms with Gasteiger partial charge in [0, 0.05) is 5.02 Å². The number of aromatic amines is 1. The lowest BCUT2D eigenvalue weighted by atomic mass is 10.2. The highest BCUT2D eigenvalue weighted by atomic mass is 35.5. The zero-order valence-corrected chi connectivity index (χ0v) is 13.9. The van der Waals surface area contributed by atoms with Gasteiger partial charge >= 0.3 is 11.1 Å². The molecule has 0 bridgehead atoms. The van der Waals surface area contributed by atoms with Crippen LogP contribution in [0, 0.1) is 0 Å². The van der Waals surface area contributed by atoms with Crippen molar-refractivity contribution in [3.8, 4) is 11.5 Å². The number of hydrogen-bond acceptors (Lipinski definition) is 4. The van der Waals surface area contributed by atoms with Crippen molar-refractivity contribution >= 4 is 22.6 Å². The van der Waals surface area contributed by atoms with Gasteiger partial charge in [-0.15, -0.1) is 0 Å². The highest BCUT2D eigenvalue weighted by molar-refractivity contribution is 6.31. The van der Waals surface area contributed by atoms with Crippen LogP contribution in [0.3, 0.4) is 0 Å². The van der Waals surface area contributed by atoms with Gasteiger partial charge in [-0.05, 0) is 35.9 Å². The summed E-state index contributed by atoms with van der Waals surface area (Å²) in [6.07, 6.45) is 0. The van der Waals surface area contributed by atoms with Gasteiger partial charge < -0.3 is 14.5 Å². The lowest BCUT2D eigenvalue weighted by Crippen LogP contribution is -2.36. The van der Waals surface area contributed by atoms with Crippen molar-refractivity contribution in [2.45, 2.75) is 6.54 Å². The fourth-order valence-corrected chi connectivity index (χ4v) is 2.73. The van der Waals surface area contributed by atoms with Crippen molar-refractivity contribution in [3.63, 3.8) is 0 Å². The van der Waals surface area contributed by atoms with E-state index in [1.165, 1.54) is 11.7 Å². The van der Waals surface area contributed by atoms with E-state index in [1.807, 2.05) is 6.07 Å². The zero-order valence-electron chi connectivity index (χ0n) is 13.1. The van der Waals surface area contributed by atoms with Gasteiger partial charge in [0.25, 0.3) is 0 Å². The molecule has 1 aromatic heterocycles. The van der Waals surface area contributed by atoms with Crippen LogP contribution in [0.25, 0.3) is 11.0 Å². The van der Waals surface area contributed by atoms with Crippen LogP contribution in [0.15, 0.2) is 46.0 Å². The molecule has 0 radical (unpaired) electrons. The summed E-state index contributed by atoms with van der Waals surface area (Å²) in [4.78, 5) is 26.7.